The minimum atomic E-state index is 0.849. The molecule has 3 heterocycles. The molecule has 9 aromatic rings. The van der Waals surface area contributed by atoms with Crippen molar-refractivity contribution in [1.29, 1.82) is 0 Å². The minimum absolute atomic E-state index is 0.849. The van der Waals surface area contributed by atoms with Crippen LogP contribution >= 0.6 is 0 Å². The molecular weight excluding hydrogens is 536 g/mol. The molecule has 3 aromatic heterocycles. The van der Waals surface area contributed by atoms with Gasteiger partial charge in [0.05, 0.1) is 45.8 Å². The van der Waals surface area contributed by atoms with Gasteiger partial charge in [-0.15, -0.1) is 0 Å². The Kier molecular flexibility index (Phi) is 5.47. The van der Waals surface area contributed by atoms with E-state index >= 15 is 0 Å². The molecule has 0 spiro atoms. The first-order valence-corrected chi connectivity index (χ1v) is 14.8. The first kappa shape index (κ1) is 24.6. The molecule has 0 atom stereocenters. The van der Waals surface area contributed by atoms with Crippen LogP contribution in [0.4, 0.5) is 0 Å². The second kappa shape index (κ2) is 9.79. The molecule has 6 aromatic carbocycles. The van der Waals surface area contributed by atoms with Gasteiger partial charge in [-0.05, 0) is 54.6 Å². The van der Waals surface area contributed by atoms with E-state index in [0.29, 0.717) is 0 Å². The highest BCUT2D eigenvalue weighted by atomic mass is 15.0. The SMILES string of the molecule is c1ccc(-n2c3ccccc3c3cc(-c4cnc(-c5ccc6c7ccccc7n(-c7ccccc7)c6c5)cn4)ccc32)cc1. The van der Waals surface area contributed by atoms with Crippen LogP contribution in [-0.4, -0.2) is 19.1 Å². The largest absolute Gasteiger partial charge is 0.309 e. The highest BCUT2D eigenvalue weighted by Gasteiger charge is 2.15. The maximum Gasteiger partial charge on any atom is 0.0886 e. The van der Waals surface area contributed by atoms with E-state index in [2.05, 4.69) is 155 Å². The Bertz CT molecular complexity index is 2470. The first-order valence-electron chi connectivity index (χ1n) is 14.8. The van der Waals surface area contributed by atoms with Crippen LogP contribution in [0.3, 0.4) is 0 Å². The molecule has 0 fully saturated rings. The molecule has 44 heavy (non-hydrogen) atoms. The fourth-order valence-corrected chi connectivity index (χ4v) is 6.60. The Morgan fingerprint density at radius 2 is 0.795 bits per heavy atom. The number of nitrogens with zero attached hydrogens (tertiary/aromatic N) is 4. The van der Waals surface area contributed by atoms with Crippen LogP contribution in [0.25, 0.3) is 77.5 Å². The third-order valence-corrected chi connectivity index (χ3v) is 8.62. The molecule has 0 saturated heterocycles. The summed E-state index contributed by atoms with van der Waals surface area (Å²) in [5, 5.41) is 4.89. The molecule has 0 aliphatic rings. The quantitative estimate of drug-likeness (QED) is 0.214. The third kappa shape index (κ3) is 3.78. The second-order valence-electron chi connectivity index (χ2n) is 11.1. The van der Waals surface area contributed by atoms with E-state index in [1.54, 1.807) is 0 Å². The lowest BCUT2D eigenvalue weighted by Gasteiger charge is -2.09. The average molecular weight is 563 g/mol. The van der Waals surface area contributed by atoms with Gasteiger partial charge in [-0.1, -0.05) is 91.0 Å². The van der Waals surface area contributed by atoms with Gasteiger partial charge < -0.3 is 9.13 Å². The summed E-state index contributed by atoms with van der Waals surface area (Å²) in [4.78, 5) is 9.81. The van der Waals surface area contributed by atoms with Crippen LogP contribution in [0.2, 0.25) is 0 Å². The number of para-hydroxylation sites is 4. The lowest BCUT2D eigenvalue weighted by Crippen LogP contribution is -1.94. The molecule has 0 aliphatic heterocycles. The summed E-state index contributed by atoms with van der Waals surface area (Å²) in [5.41, 5.74) is 10.8. The van der Waals surface area contributed by atoms with Gasteiger partial charge in [-0.25, -0.2) is 0 Å². The minimum Gasteiger partial charge on any atom is -0.309 e. The number of benzene rings is 6. The van der Waals surface area contributed by atoms with E-state index < -0.39 is 0 Å². The zero-order valence-corrected chi connectivity index (χ0v) is 23.8. The number of fused-ring (bicyclic) bond motifs is 6. The number of aromatic nitrogens is 4. The van der Waals surface area contributed by atoms with Gasteiger partial charge >= 0.3 is 0 Å². The third-order valence-electron chi connectivity index (χ3n) is 8.62. The van der Waals surface area contributed by atoms with Crippen LogP contribution in [0.5, 0.6) is 0 Å². The second-order valence-corrected chi connectivity index (χ2v) is 11.1. The van der Waals surface area contributed by atoms with Crippen molar-refractivity contribution in [3.05, 3.63) is 158 Å². The molecule has 0 bridgehead atoms. The van der Waals surface area contributed by atoms with Crippen LogP contribution in [0, 0.1) is 0 Å². The maximum atomic E-state index is 4.91. The number of hydrogen-bond donors (Lipinski definition) is 0. The predicted molar refractivity (Wildman–Crippen MR) is 182 cm³/mol. The summed E-state index contributed by atoms with van der Waals surface area (Å²) < 4.78 is 4.66. The van der Waals surface area contributed by atoms with E-state index in [9.17, 15) is 0 Å². The summed E-state index contributed by atoms with van der Waals surface area (Å²) in [5.74, 6) is 0. The van der Waals surface area contributed by atoms with Gasteiger partial charge in [0.25, 0.3) is 0 Å². The molecule has 0 unspecified atom stereocenters. The fourth-order valence-electron chi connectivity index (χ4n) is 6.60. The van der Waals surface area contributed by atoms with E-state index in [-0.39, 0.29) is 0 Å². The molecule has 4 nitrogen and oxygen atoms in total. The zero-order chi connectivity index (χ0) is 29.0. The van der Waals surface area contributed by atoms with Crippen molar-refractivity contribution in [2.45, 2.75) is 0 Å². The maximum absolute atomic E-state index is 4.91. The highest BCUT2D eigenvalue weighted by molar-refractivity contribution is 6.11. The molecular formula is C40H26N4. The predicted octanol–water partition coefficient (Wildman–Crippen LogP) is 10.0. The van der Waals surface area contributed by atoms with Crippen molar-refractivity contribution in [3.8, 4) is 33.9 Å². The van der Waals surface area contributed by atoms with E-state index in [1.165, 1.54) is 38.1 Å². The van der Waals surface area contributed by atoms with Gasteiger partial charge in [0.15, 0.2) is 0 Å². The highest BCUT2D eigenvalue weighted by Crippen LogP contribution is 2.36. The molecule has 9 rings (SSSR count). The normalized spacial score (nSPS) is 11.6. The molecule has 4 heteroatoms. The molecule has 0 saturated carbocycles. The Labute approximate surface area is 254 Å². The molecule has 0 N–H and O–H groups in total. The van der Waals surface area contributed by atoms with Crippen LogP contribution in [0.1, 0.15) is 0 Å². The number of rotatable bonds is 4. The van der Waals surface area contributed by atoms with Crippen molar-refractivity contribution >= 4 is 43.6 Å². The molecule has 0 amide bonds. The van der Waals surface area contributed by atoms with Gasteiger partial charge in [-0.2, -0.15) is 0 Å². The van der Waals surface area contributed by atoms with Crippen LogP contribution in [-0.2, 0) is 0 Å². The molecule has 0 aliphatic carbocycles. The molecule has 206 valence electrons. The van der Waals surface area contributed by atoms with E-state index in [1.807, 2.05) is 12.4 Å². The Hall–Kier alpha value is -6.00. The smallest absolute Gasteiger partial charge is 0.0886 e. The average Bonchev–Trinajstić information content (AvgIpc) is 3.61. The van der Waals surface area contributed by atoms with Gasteiger partial charge in [0.2, 0.25) is 0 Å². The Morgan fingerprint density at radius 3 is 1.41 bits per heavy atom. The summed E-state index contributed by atoms with van der Waals surface area (Å²) in [6.07, 6.45) is 3.78. The lowest BCUT2D eigenvalue weighted by atomic mass is 10.1. The van der Waals surface area contributed by atoms with E-state index in [0.717, 1.165) is 39.4 Å². The topological polar surface area (TPSA) is 35.6 Å². The van der Waals surface area contributed by atoms with Crippen LogP contribution in [0.15, 0.2) is 158 Å². The van der Waals surface area contributed by atoms with Crippen LogP contribution < -0.4 is 0 Å². The molecule has 0 radical (unpaired) electrons. The number of hydrogen-bond acceptors (Lipinski definition) is 2. The first-order chi connectivity index (χ1) is 21.8. The standard InChI is InChI=1S/C40H26N4/c1-3-11-29(12-4-1)43-38-18-10-8-16-32(38)34-23-27(20-22-39(34)43)35-25-42-36(26-41-35)28-19-21-33-31-15-7-9-17-37(31)44(40(33)24-28)30-13-5-2-6-14-30/h1-26H. The van der Waals surface area contributed by atoms with Crippen molar-refractivity contribution in [2.75, 3.05) is 0 Å². The van der Waals surface area contributed by atoms with Gasteiger partial charge in [0, 0.05) is 44.0 Å². The van der Waals surface area contributed by atoms with Crippen molar-refractivity contribution in [2.24, 2.45) is 0 Å². The lowest BCUT2D eigenvalue weighted by molar-refractivity contribution is 1.18. The summed E-state index contributed by atoms with van der Waals surface area (Å²) in [6, 6.07) is 51.4. The van der Waals surface area contributed by atoms with E-state index in [4.69, 9.17) is 9.97 Å². The monoisotopic (exact) mass is 562 g/mol. The van der Waals surface area contributed by atoms with Gasteiger partial charge in [-0.3, -0.25) is 9.97 Å². The fraction of sp³-hybridized carbons (Fsp3) is 0. The summed E-state index contributed by atoms with van der Waals surface area (Å²) >= 11 is 0. The van der Waals surface area contributed by atoms with Gasteiger partial charge in [0.1, 0.15) is 0 Å². The Morgan fingerprint density at radius 1 is 0.341 bits per heavy atom. The van der Waals surface area contributed by atoms with Crippen molar-refractivity contribution in [1.82, 2.24) is 19.1 Å². The Balaban J connectivity index is 1.14. The van der Waals surface area contributed by atoms with Crippen molar-refractivity contribution in [3.63, 3.8) is 0 Å². The van der Waals surface area contributed by atoms with Crippen molar-refractivity contribution < 1.29 is 0 Å². The zero-order valence-electron chi connectivity index (χ0n) is 23.8. The summed E-state index contributed by atoms with van der Waals surface area (Å²) in [6.45, 7) is 0. The summed E-state index contributed by atoms with van der Waals surface area (Å²) in [7, 11) is 0.